The Bertz CT molecular complexity index is 755. The molecule has 0 saturated carbocycles. The van der Waals surface area contributed by atoms with Gasteiger partial charge >= 0.3 is 0 Å². The van der Waals surface area contributed by atoms with Crippen LogP contribution in [-0.2, 0) is 12.8 Å². The first-order chi connectivity index (χ1) is 8.74. The minimum absolute atomic E-state index is 0.792. The van der Waals surface area contributed by atoms with Crippen molar-refractivity contribution in [2.45, 2.75) is 33.1 Å². The van der Waals surface area contributed by atoms with E-state index in [1.54, 1.807) is 6.33 Å². The lowest BCUT2D eigenvalue weighted by molar-refractivity contribution is 0.509. The van der Waals surface area contributed by atoms with E-state index in [-0.39, 0.29) is 0 Å². The maximum Gasteiger partial charge on any atom is 0.172 e. The SMILES string of the molecule is Cc1nc2sc3c(c2c2nncn12)CC[C@H](C)C3. The summed E-state index contributed by atoms with van der Waals surface area (Å²) in [5.74, 6) is 1.76. The summed E-state index contributed by atoms with van der Waals surface area (Å²) in [5, 5.41) is 9.56. The third-order valence-electron chi connectivity index (χ3n) is 3.88. The van der Waals surface area contributed by atoms with Gasteiger partial charge in [-0.15, -0.1) is 21.5 Å². The van der Waals surface area contributed by atoms with Gasteiger partial charge in [0.25, 0.3) is 0 Å². The Morgan fingerprint density at radius 1 is 1.44 bits per heavy atom. The molecule has 0 spiro atoms. The maximum absolute atomic E-state index is 4.71. The quantitative estimate of drug-likeness (QED) is 0.622. The highest BCUT2D eigenvalue weighted by atomic mass is 32.1. The van der Waals surface area contributed by atoms with Gasteiger partial charge in [0.1, 0.15) is 17.0 Å². The van der Waals surface area contributed by atoms with E-state index in [2.05, 4.69) is 17.1 Å². The second-order valence-corrected chi connectivity index (χ2v) is 6.30. The van der Waals surface area contributed by atoms with Crippen molar-refractivity contribution in [1.29, 1.82) is 0 Å². The van der Waals surface area contributed by atoms with Crippen LogP contribution in [0.2, 0.25) is 0 Å². The van der Waals surface area contributed by atoms with E-state index in [4.69, 9.17) is 4.98 Å². The predicted octanol–water partition coefficient (Wildman–Crippen LogP) is 2.77. The summed E-state index contributed by atoms with van der Waals surface area (Å²) < 4.78 is 1.99. The number of rotatable bonds is 0. The van der Waals surface area contributed by atoms with Crippen molar-refractivity contribution in [2.24, 2.45) is 5.92 Å². The van der Waals surface area contributed by atoms with Crippen LogP contribution in [-0.4, -0.2) is 19.6 Å². The first kappa shape index (κ1) is 10.4. The van der Waals surface area contributed by atoms with Crippen molar-refractivity contribution in [1.82, 2.24) is 19.6 Å². The first-order valence-corrected chi connectivity index (χ1v) is 7.16. The molecule has 4 rings (SSSR count). The number of aryl methyl sites for hydroxylation is 2. The van der Waals surface area contributed by atoms with Crippen molar-refractivity contribution in [3.8, 4) is 0 Å². The molecule has 92 valence electrons. The van der Waals surface area contributed by atoms with Crippen LogP contribution in [0.5, 0.6) is 0 Å². The Morgan fingerprint density at radius 3 is 3.22 bits per heavy atom. The van der Waals surface area contributed by atoms with E-state index < -0.39 is 0 Å². The Hall–Kier alpha value is -1.49. The summed E-state index contributed by atoms with van der Waals surface area (Å²) >= 11 is 1.84. The van der Waals surface area contributed by atoms with Gasteiger partial charge in [0.15, 0.2) is 5.65 Å². The molecule has 5 heteroatoms. The molecular weight excluding hydrogens is 244 g/mol. The van der Waals surface area contributed by atoms with Crippen molar-refractivity contribution in [2.75, 3.05) is 0 Å². The molecule has 1 aliphatic carbocycles. The minimum Gasteiger partial charge on any atom is -0.269 e. The van der Waals surface area contributed by atoms with E-state index in [0.29, 0.717) is 0 Å². The fourth-order valence-corrected chi connectivity index (χ4v) is 4.31. The average molecular weight is 258 g/mol. The largest absolute Gasteiger partial charge is 0.269 e. The highest BCUT2D eigenvalue weighted by molar-refractivity contribution is 7.19. The summed E-state index contributed by atoms with van der Waals surface area (Å²) in [6, 6.07) is 0. The topological polar surface area (TPSA) is 43.1 Å². The zero-order valence-corrected chi connectivity index (χ0v) is 11.3. The van der Waals surface area contributed by atoms with E-state index in [1.807, 2.05) is 22.7 Å². The van der Waals surface area contributed by atoms with Crippen LogP contribution in [0.25, 0.3) is 15.9 Å². The van der Waals surface area contributed by atoms with E-state index in [0.717, 1.165) is 28.6 Å². The van der Waals surface area contributed by atoms with Gasteiger partial charge in [-0.1, -0.05) is 6.92 Å². The van der Waals surface area contributed by atoms with Gasteiger partial charge in [-0.25, -0.2) is 4.98 Å². The predicted molar refractivity (Wildman–Crippen MR) is 72.1 cm³/mol. The van der Waals surface area contributed by atoms with Crippen LogP contribution in [0, 0.1) is 12.8 Å². The van der Waals surface area contributed by atoms with Gasteiger partial charge in [-0.3, -0.25) is 4.40 Å². The molecule has 0 radical (unpaired) electrons. The molecule has 0 unspecified atom stereocenters. The van der Waals surface area contributed by atoms with Crippen molar-refractivity contribution < 1.29 is 0 Å². The molecule has 18 heavy (non-hydrogen) atoms. The van der Waals surface area contributed by atoms with Gasteiger partial charge < -0.3 is 0 Å². The van der Waals surface area contributed by atoms with Crippen LogP contribution >= 0.6 is 11.3 Å². The fourth-order valence-electron chi connectivity index (χ4n) is 2.89. The zero-order valence-electron chi connectivity index (χ0n) is 10.5. The molecule has 3 aromatic heterocycles. The maximum atomic E-state index is 4.71. The Kier molecular flexibility index (Phi) is 2.03. The van der Waals surface area contributed by atoms with Crippen molar-refractivity contribution >= 4 is 27.2 Å². The number of hydrogen-bond acceptors (Lipinski definition) is 4. The standard InChI is InChI=1S/C13H14N4S/c1-7-3-4-9-10(5-7)18-13-11(9)12-16-14-6-17(12)8(2)15-13/h6-7H,3-5H2,1-2H3/t7-/m0/s1. The van der Waals surface area contributed by atoms with E-state index in [9.17, 15) is 0 Å². The number of nitrogens with zero attached hydrogens (tertiary/aromatic N) is 4. The Balaban J connectivity index is 2.14. The van der Waals surface area contributed by atoms with Gasteiger partial charge in [0.2, 0.25) is 0 Å². The molecule has 3 aromatic rings. The zero-order chi connectivity index (χ0) is 12.3. The Labute approximate surface area is 109 Å². The van der Waals surface area contributed by atoms with Gasteiger partial charge in [0.05, 0.1) is 5.39 Å². The Morgan fingerprint density at radius 2 is 2.33 bits per heavy atom. The molecule has 1 aliphatic rings. The smallest absolute Gasteiger partial charge is 0.172 e. The third-order valence-corrected chi connectivity index (χ3v) is 5.02. The summed E-state index contributed by atoms with van der Waals surface area (Å²) in [5.41, 5.74) is 2.45. The molecular formula is C13H14N4S. The molecule has 0 N–H and O–H groups in total. The third kappa shape index (κ3) is 1.28. The summed E-state index contributed by atoms with van der Waals surface area (Å²) in [6.45, 7) is 4.34. The molecule has 0 fully saturated rings. The lowest BCUT2D eigenvalue weighted by Gasteiger charge is -2.17. The van der Waals surface area contributed by atoms with Gasteiger partial charge in [-0.2, -0.15) is 0 Å². The van der Waals surface area contributed by atoms with Crippen molar-refractivity contribution in [3.63, 3.8) is 0 Å². The molecule has 0 aliphatic heterocycles. The van der Waals surface area contributed by atoms with Crippen LogP contribution in [0.4, 0.5) is 0 Å². The highest BCUT2D eigenvalue weighted by Gasteiger charge is 2.23. The summed E-state index contributed by atoms with van der Waals surface area (Å²) in [6.07, 6.45) is 5.37. The van der Waals surface area contributed by atoms with E-state index in [1.165, 1.54) is 28.7 Å². The molecule has 0 amide bonds. The molecule has 0 saturated heterocycles. The van der Waals surface area contributed by atoms with Crippen LogP contribution < -0.4 is 0 Å². The number of thiophene rings is 1. The fraction of sp³-hybridized carbons (Fsp3) is 0.462. The monoisotopic (exact) mass is 258 g/mol. The molecule has 4 nitrogen and oxygen atoms in total. The molecule has 0 bridgehead atoms. The number of hydrogen-bond donors (Lipinski definition) is 0. The average Bonchev–Trinajstić information content (AvgIpc) is 2.91. The van der Waals surface area contributed by atoms with Crippen LogP contribution in [0.3, 0.4) is 0 Å². The van der Waals surface area contributed by atoms with E-state index >= 15 is 0 Å². The number of fused-ring (bicyclic) bond motifs is 5. The normalized spacial score (nSPS) is 19.6. The second kappa shape index (κ2) is 3.51. The molecule has 0 aromatic carbocycles. The van der Waals surface area contributed by atoms with Crippen molar-refractivity contribution in [3.05, 3.63) is 22.6 Å². The summed E-state index contributed by atoms with van der Waals surface area (Å²) in [4.78, 5) is 7.35. The molecule has 3 heterocycles. The first-order valence-electron chi connectivity index (χ1n) is 6.34. The number of aromatic nitrogens is 4. The lowest BCUT2D eigenvalue weighted by atomic mass is 9.89. The molecule has 1 atom stereocenters. The van der Waals surface area contributed by atoms with Gasteiger partial charge in [0, 0.05) is 4.88 Å². The van der Waals surface area contributed by atoms with Gasteiger partial charge in [-0.05, 0) is 37.7 Å². The highest BCUT2D eigenvalue weighted by Crippen LogP contribution is 2.38. The van der Waals surface area contributed by atoms with Crippen LogP contribution in [0.15, 0.2) is 6.33 Å². The van der Waals surface area contributed by atoms with Crippen LogP contribution in [0.1, 0.15) is 29.6 Å². The minimum atomic E-state index is 0.792. The second-order valence-electron chi connectivity index (χ2n) is 5.22. The lowest BCUT2D eigenvalue weighted by Crippen LogP contribution is -2.08. The summed E-state index contributed by atoms with van der Waals surface area (Å²) in [7, 11) is 0.